The minimum Gasteiger partial charge on any atom is -0.491 e. The predicted octanol–water partition coefficient (Wildman–Crippen LogP) is -0.188. The molecule has 1 unspecified atom stereocenters. The zero-order valence-corrected chi connectivity index (χ0v) is 10.6. The minimum atomic E-state index is -3.89. The van der Waals surface area contributed by atoms with Crippen LogP contribution in [0.3, 0.4) is 0 Å². The highest BCUT2D eigenvalue weighted by Crippen LogP contribution is 2.26. The summed E-state index contributed by atoms with van der Waals surface area (Å²) in [6.45, 7) is -0.483. The fraction of sp³-hybridized carbons (Fsp3) is 0.273. The Morgan fingerprint density at radius 2 is 2.11 bits per heavy atom. The Morgan fingerprint density at radius 1 is 1.37 bits per heavy atom. The van der Waals surface area contributed by atoms with Crippen LogP contribution in [0.15, 0.2) is 33.8 Å². The number of sulfonamides is 1. The molecule has 0 saturated heterocycles. The molecule has 0 aliphatic heterocycles. The van der Waals surface area contributed by atoms with Gasteiger partial charge in [0.15, 0.2) is 0 Å². The normalized spacial score (nSPS) is 13.6. The molecule has 0 aliphatic rings. The van der Waals surface area contributed by atoms with E-state index in [1.165, 1.54) is 12.1 Å². The maximum Gasteiger partial charge on any atom is 0.271 e. The summed E-state index contributed by atoms with van der Waals surface area (Å²) in [5.41, 5.74) is 0.306. The number of benzene rings is 1. The van der Waals surface area contributed by atoms with Crippen molar-refractivity contribution in [2.24, 2.45) is 5.14 Å². The first-order chi connectivity index (χ1) is 8.90. The molecule has 1 atom stereocenters. The molecule has 0 bridgehead atoms. The van der Waals surface area contributed by atoms with Gasteiger partial charge in [0.1, 0.15) is 24.0 Å². The molecule has 1 aromatic carbocycles. The predicted molar refractivity (Wildman–Crippen MR) is 66.2 cm³/mol. The quantitative estimate of drug-likeness (QED) is 0.700. The van der Waals surface area contributed by atoms with E-state index in [4.69, 9.17) is 24.5 Å². The zero-order chi connectivity index (χ0) is 14.0. The van der Waals surface area contributed by atoms with E-state index in [1.54, 1.807) is 12.1 Å². The van der Waals surface area contributed by atoms with Crippen LogP contribution < -0.4 is 9.88 Å². The summed E-state index contributed by atoms with van der Waals surface area (Å²) in [4.78, 5) is 0. The second-order valence-electron chi connectivity index (χ2n) is 3.96. The van der Waals surface area contributed by atoms with E-state index in [9.17, 15) is 8.42 Å². The molecule has 1 aromatic heterocycles. The smallest absolute Gasteiger partial charge is 0.271 e. The lowest BCUT2D eigenvalue weighted by atomic mass is 10.2. The van der Waals surface area contributed by atoms with Gasteiger partial charge in [0.25, 0.3) is 10.0 Å². The van der Waals surface area contributed by atoms with E-state index < -0.39 is 22.7 Å². The van der Waals surface area contributed by atoms with Crippen LogP contribution in [0.25, 0.3) is 11.0 Å². The molecule has 0 radical (unpaired) electrons. The third-order valence-corrected chi connectivity index (χ3v) is 3.16. The van der Waals surface area contributed by atoms with E-state index in [2.05, 4.69) is 0 Å². The molecule has 19 heavy (non-hydrogen) atoms. The van der Waals surface area contributed by atoms with Crippen molar-refractivity contribution in [2.75, 3.05) is 13.2 Å². The first-order valence-corrected chi connectivity index (χ1v) is 6.93. The average molecular weight is 287 g/mol. The van der Waals surface area contributed by atoms with Gasteiger partial charge in [-0.25, -0.2) is 13.6 Å². The van der Waals surface area contributed by atoms with E-state index in [-0.39, 0.29) is 11.7 Å². The molecule has 8 heteroatoms. The van der Waals surface area contributed by atoms with Crippen molar-refractivity contribution < 1.29 is 27.8 Å². The Morgan fingerprint density at radius 3 is 2.74 bits per heavy atom. The summed E-state index contributed by atoms with van der Waals surface area (Å²) < 4.78 is 32.6. The minimum absolute atomic E-state index is 0.0786. The topological polar surface area (TPSA) is 123 Å². The van der Waals surface area contributed by atoms with Gasteiger partial charge in [0, 0.05) is 17.5 Å². The summed E-state index contributed by atoms with van der Waals surface area (Å²) in [7, 11) is -3.89. The van der Waals surface area contributed by atoms with Crippen molar-refractivity contribution in [3.05, 3.63) is 24.3 Å². The van der Waals surface area contributed by atoms with Crippen LogP contribution in [-0.4, -0.2) is 37.9 Å². The Bertz CT molecular complexity index is 678. The molecule has 0 amide bonds. The number of aliphatic hydroxyl groups is 2. The third-order valence-electron chi connectivity index (χ3n) is 2.40. The van der Waals surface area contributed by atoms with Gasteiger partial charge < -0.3 is 19.4 Å². The largest absolute Gasteiger partial charge is 0.491 e. The van der Waals surface area contributed by atoms with Crippen molar-refractivity contribution >= 4 is 21.0 Å². The van der Waals surface area contributed by atoms with Gasteiger partial charge in [-0.2, -0.15) is 0 Å². The van der Waals surface area contributed by atoms with E-state index in [1.807, 2.05) is 0 Å². The Kier molecular flexibility index (Phi) is 3.76. The monoisotopic (exact) mass is 287 g/mol. The molecular weight excluding hydrogens is 274 g/mol. The lowest BCUT2D eigenvalue weighted by Gasteiger charge is -2.09. The van der Waals surface area contributed by atoms with Crippen molar-refractivity contribution in [2.45, 2.75) is 11.2 Å². The number of ether oxygens (including phenoxy) is 1. The molecule has 0 saturated carbocycles. The summed E-state index contributed by atoms with van der Waals surface area (Å²) in [6, 6.07) is 5.99. The van der Waals surface area contributed by atoms with Crippen LogP contribution in [0.1, 0.15) is 0 Å². The molecule has 4 N–H and O–H groups in total. The number of rotatable bonds is 5. The Balaban J connectivity index is 2.26. The molecule has 104 valence electrons. The second-order valence-corrected chi connectivity index (χ2v) is 5.45. The fourth-order valence-corrected chi connectivity index (χ4v) is 1.96. The highest BCUT2D eigenvalue weighted by Gasteiger charge is 2.15. The SMILES string of the molecule is NS(=O)(=O)c1cc2ccc(OCC(O)CO)cc2o1. The highest BCUT2D eigenvalue weighted by molar-refractivity contribution is 7.89. The first-order valence-electron chi connectivity index (χ1n) is 5.38. The van der Waals surface area contributed by atoms with Crippen LogP contribution in [0, 0.1) is 0 Å². The number of aliphatic hydroxyl groups excluding tert-OH is 2. The van der Waals surface area contributed by atoms with Gasteiger partial charge in [-0.05, 0) is 12.1 Å². The average Bonchev–Trinajstić information content (AvgIpc) is 2.78. The number of furan rings is 1. The van der Waals surface area contributed by atoms with Gasteiger partial charge in [-0.3, -0.25) is 0 Å². The summed E-state index contributed by atoms with van der Waals surface area (Å²) in [5, 5.41) is 23.0. The lowest BCUT2D eigenvalue weighted by Crippen LogP contribution is -2.21. The standard InChI is InChI=1S/C11H13NO6S/c12-19(15,16)11-3-7-1-2-9(4-10(7)18-11)17-6-8(14)5-13/h1-4,8,13-14H,5-6H2,(H2,12,15,16). The van der Waals surface area contributed by atoms with E-state index >= 15 is 0 Å². The lowest BCUT2D eigenvalue weighted by molar-refractivity contribution is 0.0536. The molecule has 2 aromatic rings. The maximum absolute atomic E-state index is 11.1. The molecular formula is C11H13NO6S. The highest BCUT2D eigenvalue weighted by atomic mass is 32.2. The molecule has 0 aliphatic carbocycles. The van der Waals surface area contributed by atoms with Crippen LogP contribution in [0.4, 0.5) is 0 Å². The number of hydrogen-bond donors (Lipinski definition) is 3. The molecule has 0 fully saturated rings. The van der Waals surface area contributed by atoms with Gasteiger partial charge in [0.2, 0.25) is 5.09 Å². The van der Waals surface area contributed by atoms with E-state index in [0.29, 0.717) is 16.7 Å². The van der Waals surface area contributed by atoms with Crippen molar-refractivity contribution in [3.63, 3.8) is 0 Å². The number of fused-ring (bicyclic) bond motifs is 1. The van der Waals surface area contributed by atoms with Gasteiger partial charge in [-0.1, -0.05) is 0 Å². The molecule has 1 heterocycles. The summed E-state index contributed by atoms with van der Waals surface area (Å²) in [6.07, 6.45) is -0.979. The zero-order valence-electron chi connectivity index (χ0n) is 9.81. The molecule has 0 spiro atoms. The third kappa shape index (κ3) is 3.24. The van der Waals surface area contributed by atoms with Crippen molar-refractivity contribution in [1.29, 1.82) is 0 Å². The van der Waals surface area contributed by atoms with Gasteiger partial charge >= 0.3 is 0 Å². The van der Waals surface area contributed by atoms with Crippen LogP contribution in [-0.2, 0) is 10.0 Å². The molecule has 2 rings (SSSR count). The number of hydrogen-bond acceptors (Lipinski definition) is 6. The molecule has 7 nitrogen and oxygen atoms in total. The van der Waals surface area contributed by atoms with Crippen LogP contribution >= 0.6 is 0 Å². The fourth-order valence-electron chi connectivity index (χ4n) is 1.46. The first kappa shape index (κ1) is 13.8. The summed E-state index contributed by atoms with van der Waals surface area (Å²) >= 11 is 0. The van der Waals surface area contributed by atoms with E-state index in [0.717, 1.165) is 0 Å². The Hall–Kier alpha value is -1.61. The van der Waals surface area contributed by atoms with Crippen LogP contribution in [0.5, 0.6) is 5.75 Å². The van der Waals surface area contributed by atoms with Crippen molar-refractivity contribution in [3.8, 4) is 5.75 Å². The van der Waals surface area contributed by atoms with Crippen LogP contribution in [0.2, 0.25) is 0 Å². The Labute approximate surface area is 109 Å². The van der Waals surface area contributed by atoms with Gasteiger partial charge in [-0.15, -0.1) is 0 Å². The van der Waals surface area contributed by atoms with Crippen molar-refractivity contribution in [1.82, 2.24) is 0 Å². The second kappa shape index (κ2) is 5.17. The number of nitrogens with two attached hydrogens (primary N) is 1. The number of primary sulfonamides is 1. The maximum atomic E-state index is 11.1. The summed E-state index contributed by atoms with van der Waals surface area (Å²) in [5.74, 6) is 0.385. The van der Waals surface area contributed by atoms with Gasteiger partial charge in [0.05, 0.1) is 6.61 Å².